The maximum Gasteiger partial charge on any atom is 0.264 e. The van der Waals surface area contributed by atoms with E-state index in [0.29, 0.717) is 17.0 Å². The molecule has 5 heteroatoms. The topological polar surface area (TPSA) is 49.4 Å². The monoisotopic (exact) mass is 344 g/mol. The second-order valence-electron chi connectivity index (χ2n) is 7.19. The minimum Gasteiger partial charge on any atom is -0.378 e. The maximum atomic E-state index is 13.3. The second-order valence-corrected chi connectivity index (χ2v) is 9.01. The molecule has 1 unspecified atom stereocenters. The minimum absolute atomic E-state index is 0.151. The van der Waals surface area contributed by atoms with Crippen molar-refractivity contribution in [2.24, 2.45) is 0 Å². The van der Waals surface area contributed by atoms with Crippen LogP contribution in [0.3, 0.4) is 0 Å². The fraction of sp³-hybridized carbons (Fsp3) is 0.368. The van der Waals surface area contributed by atoms with Crippen LogP contribution in [0.4, 0.5) is 11.4 Å². The molecule has 0 aromatic heterocycles. The summed E-state index contributed by atoms with van der Waals surface area (Å²) in [6, 6.07) is 14.5. The van der Waals surface area contributed by atoms with Gasteiger partial charge in [-0.2, -0.15) is 0 Å². The van der Waals surface area contributed by atoms with Gasteiger partial charge in [0.05, 0.1) is 16.3 Å². The van der Waals surface area contributed by atoms with Gasteiger partial charge >= 0.3 is 0 Å². The highest BCUT2D eigenvalue weighted by atomic mass is 32.2. The Morgan fingerprint density at radius 1 is 1.08 bits per heavy atom. The molecule has 0 spiro atoms. The molecule has 0 saturated carbocycles. The number of fused-ring (bicyclic) bond motifs is 1. The Bertz CT molecular complexity index is 842. The fourth-order valence-corrected chi connectivity index (χ4v) is 5.11. The SMILES string of the molecule is Cc1ccc(S(=O)(=O)N2c3ccccc3NC(C)(C)CC2C)cc1. The van der Waals surface area contributed by atoms with E-state index >= 15 is 0 Å². The van der Waals surface area contributed by atoms with E-state index in [2.05, 4.69) is 19.2 Å². The zero-order chi connectivity index (χ0) is 17.5. The molecule has 3 rings (SSSR count). The van der Waals surface area contributed by atoms with Crippen molar-refractivity contribution in [2.75, 3.05) is 9.62 Å². The summed E-state index contributed by atoms with van der Waals surface area (Å²) in [6.07, 6.45) is 0.715. The van der Waals surface area contributed by atoms with Gasteiger partial charge in [-0.15, -0.1) is 0 Å². The van der Waals surface area contributed by atoms with Gasteiger partial charge in [-0.05, 0) is 58.4 Å². The van der Waals surface area contributed by atoms with Crippen molar-refractivity contribution in [3.63, 3.8) is 0 Å². The quantitative estimate of drug-likeness (QED) is 0.889. The summed E-state index contributed by atoms with van der Waals surface area (Å²) >= 11 is 0. The Hall–Kier alpha value is -2.01. The molecule has 0 aliphatic carbocycles. The van der Waals surface area contributed by atoms with Gasteiger partial charge in [0.1, 0.15) is 0 Å². The third-order valence-corrected chi connectivity index (χ3v) is 6.34. The Kier molecular flexibility index (Phi) is 4.08. The predicted octanol–water partition coefficient (Wildman–Crippen LogP) is 4.17. The average molecular weight is 344 g/mol. The normalized spacial score (nSPS) is 20.0. The highest BCUT2D eigenvalue weighted by Crippen LogP contribution is 2.39. The number of para-hydroxylation sites is 2. The van der Waals surface area contributed by atoms with Gasteiger partial charge in [0.2, 0.25) is 0 Å². The van der Waals surface area contributed by atoms with Gasteiger partial charge in [0, 0.05) is 11.6 Å². The number of anilines is 2. The molecule has 0 bridgehead atoms. The summed E-state index contributed by atoms with van der Waals surface area (Å²) in [5.74, 6) is 0. The lowest BCUT2D eigenvalue weighted by Crippen LogP contribution is -2.41. The fourth-order valence-electron chi connectivity index (χ4n) is 3.44. The first-order valence-corrected chi connectivity index (χ1v) is 9.63. The lowest BCUT2D eigenvalue weighted by Gasteiger charge is -2.31. The second kappa shape index (κ2) is 5.81. The van der Waals surface area contributed by atoms with Crippen molar-refractivity contribution in [3.05, 3.63) is 54.1 Å². The highest BCUT2D eigenvalue weighted by molar-refractivity contribution is 7.92. The van der Waals surface area contributed by atoms with E-state index in [9.17, 15) is 8.42 Å². The van der Waals surface area contributed by atoms with E-state index < -0.39 is 10.0 Å². The first kappa shape index (κ1) is 16.8. The molecule has 0 fully saturated rings. The van der Waals surface area contributed by atoms with Crippen LogP contribution >= 0.6 is 0 Å². The van der Waals surface area contributed by atoms with Gasteiger partial charge in [0.15, 0.2) is 0 Å². The number of nitrogens with one attached hydrogen (secondary N) is 1. The van der Waals surface area contributed by atoms with Crippen LogP contribution in [-0.2, 0) is 10.0 Å². The Morgan fingerprint density at radius 3 is 2.38 bits per heavy atom. The molecule has 1 aliphatic rings. The molecule has 128 valence electrons. The van der Waals surface area contributed by atoms with Crippen LogP contribution in [0.25, 0.3) is 0 Å². The molecule has 1 aliphatic heterocycles. The van der Waals surface area contributed by atoms with Gasteiger partial charge in [-0.1, -0.05) is 29.8 Å². The number of nitrogens with zero attached hydrogens (tertiary/aromatic N) is 1. The smallest absolute Gasteiger partial charge is 0.264 e. The number of rotatable bonds is 2. The van der Waals surface area contributed by atoms with Gasteiger partial charge in [-0.3, -0.25) is 4.31 Å². The molecule has 24 heavy (non-hydrogen) atoms. The van der Waals surface area contributed by atoms with E-state index in [-0.39, 0.29) is 11.6 Å². The van der Waals surface area contributed by atoms with Crippen LogP contribution in [0.5, 0.6) is 0 Å². The summed E-state index contributed by atoms with van der Waals surface area (Å²) in [5, 5.41) is 3.49. The van der Waals surface area contributed by atoms with Crippen LogP contribution in [0.1, 0.15) is 32.8 Å². The molecule has 4 nitrogen and oxygen atoms in total. The molecule has 2 aromatic carbocycles. The van der Waals surface area contributed by atoms with Crippen LogP contribution in [0, 0.1) is 6.92 Å². The maximum absolute atomic E-state index is 13.3. The molecule has 1 atom stereocenters. The summed E-state index contributed by atoms with van der Waals surface area (Å²) in [6.45, 7) is 8.12. The van der Waals surface area contributed by atoms with Gasteiger partial charge < -0.3 is 5.32 Å². The molecule has 1 N–H and O–H groups in total. The third kappa shape index (κ3) is 3.00. The first-order chi connectivity index (χ1) is 11.2. The van der Waals surface area contributed by atoms with Crippen LogP contribution in [-0.4, -0.2) is 20.0 Å². The Labute approximate surface area is 144 Å². The number of benzene rings is 2. The first-order valence-electron chi connectivity index (χ1n) is 8.19. The van der Waals surface area contributed by atoms with E-state index in [1.807, 2.05) is 50.2 Å². The van der Waals surface area contributed by atoms with Crippen molar-refractivity contribution in [3.8, 4) is 0 Å². The zero-order valence-electron chi connectivity index (χ0n) is 14.6. The van der Waals surface area contributed by atoms with Crippen LogP contribution < -0.4 is 9.62 Å². The molecule has 0 saturated heterocycles. The van der Waals surface area contributed by atoms with Gasteiger partial charge in [-0.25, -0.2) is 8.42 Å². The number of aryl methyl sites for hydroxylation is 1. The largest absolute Gasteiger partial charge is 0.378 e. The summed E-state index contributed by atoms with van der Waals surface area (Å²) in [5.41, 5.74) is 2.41. The molecule has 1 heterocycles. The lowest BCUT2D eigenvalue weighted by molar-refractivity contribution is 0.475. The average Bonchev–Trinajstić information content (AvgIpc) is 2.58. The predicted molar refractivity (Wildman–Crippen MR) is 99.1 cm³/mol. The van der Waals surface area contributed by atoms with Crippen molar-refractivity contribution in [1.82, 2.24) is 0 Å². The van der Waals surface area contributed by atoms with Crippen molar-refractivity contribution in [1.29, 1.82) is 0 Å². The summed E-state index contributed by atoms with van der Waals surface area (Å²) < 4.78 is 28.2. The van der Waals surface area contributed by atoms with E-state index in [1.54, 1.807) is 16.4 Å². The Morgan fingerprint density at radius 2 is 1.71 bits per heavy atom. The van der Waals surface area contributed by atoms with Crippen molar-refractivity contribution >= 4 is 21.4 Å². The van der Waals surface area contributed by atoms with Crippen LogP contribution in [0.15, 0.2) is 53.4 Å². The molecule has 0 radical (unpaired) electrons. The molecular weight excluding hydrogens is 320 g/mol. The summed E-state index contributed by atoms with van der Waals surface area (Å²) in [7, 11) is -3.62. The number of hydrogen-bond donors (Lipinski definition) is 1. The van der Waals surface area contributed by atoms with E-state index in [4.69, 9.17) is 0 Å². The standard InChI is InChI=1S/C19H24N2O2S/c1-14-9-11-16(12-10-14)24(22,23)21-15(2)13-19(3,4)20-17-7-5-6-8-18(17)21/h5-12,15,20H,13H2,1-4H3. The molecule has 2 aromatic rings. The Balaban J connectivity index is 2.16. The van der Waals surface area contributed by atoms with E-state index in [1.165, 1.54) is 0 Å². The van der Waals surface area contributed by atoms with Gasteiger partial charge in [0.25, 0.3) is 10.0 Å². The molecular formula is C19H24N2O2S. The van der Waals surface area contributed by atoms with Crippen molar-refractivity contribution < 1.29 is 8.42 Å². The zero-order valence-corrected chi connectivity index (χ0v) is 15.4. The third-order valence-electron chi connectivity index (χ3n) is 4.40. The minimum atomic E-state index is -3.62. The van der Waals surface area contributed by atoms with E-state index in [0.717, 1.165) is 11.3 Å². The number of sulfonamides is 1. The lowest BCUT2D eigenvalue weighted by atomic mass is 9.97. The molecule has 0 amide bonds. The van der Waals surface area contributed by atoms with Crippen LogP contribution in [0.2, 0.25) is 0 Å². The number of hydrogen-bond acceptors (Lipinski definition) is 3. The summed E-state index contributed by atoms with van der Waals surface area (Å²) in [4.78, 5) is 0.328. The highest BCUT2D eigenvalue weighted by Gasteiger charge is 2.37. The van der Waals surface area contributed by atoms with Crippen molar-refractivity contribution in [2.45, 2.75) is 50.6 Å².